The van der Waals surface area contributed by atoms with Crippen molar-refractivity contribution in [3.8, 4) is 17.5 Å². The van der Waals surface area contributed by atoms with Crippen LogP contribution in [0.2, 0.25) is 0 Å². The molecule has 40 heavy (non-hydrogen) atoms. The zero-order chi connectivity index (χ0) is 28.4. The molecule has 0 unspecified atom stereocenters. The van der Waals surface area contributed by atoms with Gasteiger partial charge in [0.15, 0.2) is 5.58 Å². The summed E-state index contributed by atoms with van der Waals surface area (Å²) in [4.78, 5) is 23.3. The van der Waals surface area contributed by atoms with Crippen LogP contribution in [0, 0.1) is 17.2 Å². The van der Waals surface area contributed by atoms with Crippen molar-refractivity contribution < 1.29 is 22.4 Å². The summed E-state index contributed by atoms with van der Waals surface area (Å²) >= 11 is 0. The monoisotopic (exact) mass is 547 g/mol. The van der Waals surface area contributed by atoms with Crippen molar-refractivity contribution in [1.82, 2.24) is 15.3 Å². The Morgan fingerprint density at radius 3 is 2.48 bits per heavy atom. The highest BCUT2D eigenvalue weighted by atomic mass is 19.4. The van der Waals surface area contributed by atoms with Gasteiger partial charge in [0, 0.05) is 42.5 Å². The zero-order valence-corrected chi connectivity index (χ0v) is 22.1. The molecule has 2 aromatic heterocycles. The van der Waals surface area contributed by atoms with E-state index in [1.54, 1.807) is 30.3 Å². The summed E-state index contributed by atoms with van der Waals surface area (Å²) in [6.07, 6.45) is -1.94. The maximum absolute atomic E-state index is 12.8. The van der Waals surface area contributed by atoms with E-state index in [1.807, 2.05) is 24.8 Å². The van der Waals surface area contributed by atoms with E-state index in [0.29, 0.717) is 53.6 Å². The minimum absolute atomic E-state index is 0.163. The molecule has 1 saturated heterocycles. The molecule has 7 nitrogen and oxygen atoms in total. The quantitative estimate of drug-likeness (QED) is 0.294. The van der Waals surface area contributed by atoms with Crippen molar-refractivity contribution in [2.75, 3.05) is 24.5 Å². The number of piperidine rings is 1. The number of benzene rings is 2. The number of carbonyl (C=O) groups is 1. The molecule has 1 aliphatic heterocycles. The largest absolute Gasteiger partial charge is 0.436 e. The second kappa shape index (κ2) is 11.0. The Balaban J connectivity index is 1.17. The van der Waals surface area contributed by atoms with Gasteiger partial charge in [-0.15, -0.1) is 0 Å². The summed E-state index contributed by atoms with van der Waals surface area (Å²) in [6.45, 7) is 5.90. The minimum Gasteiger partial charge on any atom is -0.436 e. The van der Waals surface area contributed by atoms with E-state index in [2.05, 4.69) is 21.4 Å². The number of oxazole rings is 1. The fraction of sp³-hybridized carbons (Fsp3) is 0.333. The van der Waals surface area contributed by atoms with Gasteiger partial charge in [-0.1, -0.05) is 13.8 Å². The molecule has 1 fully saturated rings. The summed E-state index contributed by atoms with van der Waals surface area (Å²) < 4.78 is 44.4. The van der Waals surface area contributed by atoms with Crippen LogP contribution in [0.5, 0.6) is 0 Å². The van der Waals surface area contributed by atoms with Gasteiger partial charge < -0.3 is 14.6 Å². The standard InChI is InChI=1S/C30H28F3N5O2/c1-18(2)24-13-20(15-34)14-25-27(24)40-29(37-25)22-5-3-21(4-6-22)28(39)36-16-19-9-11-38(12-10-19)26-8-7-23(17-35-26)30(31,32)33/h3-8,13-14,17-19H,9-12,16H2,1-2H3,(H,36,39). The Hall–Kier alpha value is -4.39. The predicted octanol–water partition coefficient (Wildman–Crippen LogP) is 6.55. The maximum Gasteiger partial charge on any atom is 0.417 e. The Labute approximate surface area is 229 Å². The molecule has 0 atom stereocenters. The number of carbonyl (C=O) groups excluding carboxylic acids is 1. The third-order valence-electron chi connectivity index (χ3n) is 7.23. The maximum atomic E-state index is 12.8. The number of anilines is 1. The number of hydrogen-bond acceptors (Lipinski definition) is 6. The van der Waals surface area contributed by atoms with E-state index in [0.717, 1.165) is 36.2 Å². The van der Waals surface area contributed by atoms with Crippen LogP contribution in [0.25, 0.3) is 22.6 Å². The van der Waals surface area contributed by atoms with Crippen LogP contribution in [-0.2, 0) is 6.18 Å². The molecule has 0 aliphatic carbocycles. The van der Waals surface area contributed by atoms with Gasteiger partial charge in [0.05, 0.1) is 17.2 Å². The molecule has 0 radical (unpaired) electrons. The smallest absolute Gasteiger partial charge is 0.417 e. The van der Waals surface area contributed by atoms with Crippen molar-refractivity contribution in [2.24, 2.45) is 5.92 Å². The van der Waals surface area contributed by atoms with E-state index in [9.17, 15) is 23.2 Å². The van der Waals surface area contributed by atoms with Crippen molar-refractivity contribution in [3.05, 3.63) is 77.0 Å². The van der Waals surface area contributed by atoms with E-state index in [1.165, 1.54) is 6.07 Å². The third kappa shape index (κ3) is 5.78. The van der Waals surface area contributed by atoms with E-state index < -0.39 is 11.7 Å². The van der Waals surface area contributed by atoms with Crippen molar-refractivity contribution in [1.29, 1.82) is 5.26 Å². The average Bonchev–Trinajstić information content (AvgIpc) is 3.39. The van der Waals surface area contributed by atoms with Gasteiger partial charge in [0.2, 0.25) is 5.89 Å². The van der Waals surface area contributed by atoms with Gasteiger partial charge in [-0.05, 0) is 73.2 Å². The molecule has 3 heterocycles. The molecular formula is C30H28F3N5O2. The normalized spacial score (nSPS) is 14.5. The first-order valence-electron chi connectivity index (χ1n) is 13.1. The lowest BCUT2D eigenvalue weighted by Gasteiger charge is -2.33. The van der Waals surface area contributed by atoms with Gasteiger partial charge in [-0.3, -0.25) is 4.79 Å². The summed E-state index contributed by atoms with van der Waals surface area (Å²) in [5, 5.41) is 12.3. The molecule has 206 valence electrons. The Bertz CT molecular complexity index is 1550. The SMILES string of the molecule is CC(C)c1cc(C#N)cc2nc(-c3ccc(C(=O)NCC4CCN(c5ccc(C(F)(F)F)cn5)CC4)cc3)oc12. The van der Waals surface area contributed by atoms with Crippen LogP contribution in [0.15, 0.2) is 59.1 Å². The fourth-order valence-electron chi connectivity index (χ4n) is 4.89. The van der Waals surface area contributed by atoms with Crippen molar-refractivity contribution in [3.63, 3.8) is 0 Å². The lowest BCUT2D eigenvalue weighted by atomic mass is 9.96. The second-order valence-electron chi connectivity index (χ2n) is 10.3. The molecule has 2 aromatic carbocycles. The van der Waals surface area contributed by atoms with Gasteiger partial charge in [0.1, 0.15) is 11.3 Å². The van der Waals surface area contributed by atoms with Gasteiger partial charge >= 0.3 is 6.18 Å². The minimum atomic E-state index is -4.40. The fourth-order valence-corrected chi connectivity index (χ4v) is 4.89. The highest BCUT2D eigenvalue weighted by molar-refractivity contribution is 5.94. The third-order valence-corrected chi connectivity index (χ3v) is 7.23. The number of pyridine rings is 1. The topological polar surface area (TPSA) is 95.0 Å². The second-order valence-corrected chi connectivity index (χ2v) is 10.3. The highest BCUT2D eigenvalue weighted by Gasteiger charge is 2.31. The summed E-state index contributed by atoms with van der Waals surface area (Å²) in [5.41, 5.74) is 3.22. The number of rotatable bonds is 6. The van der Waals surface area contributed by atoms with Crippen LogP contribution >= 0.6 is 0 Å². The van der Waals surface area contributed by atoms with Crippen molar-refractivity contribution in [2.45, 2.75) is 38.8 Å². The Kier molecular flexibility index (Phi) is 7.48. The van der Waals surface area contributed by atoms with E-state index in [-0.39, 0.29) is 17.7 Å². The van der Waals surface area contributed by atoms with Crippen LogP contribution in [0.3, 0.4) is 0 Å². The first kappa shape index (κ1) is 27.2. The molecule has 1 N–H and O–H groups in total. The Morgan fingerprint density at radius 2 is 1.88 bits per heavy atom. The number of aromatic nitrogens is 2. The van der Waals surface area contributed by atoms with Crippen molar-refractivity contribution >= 4 is 22.8 Å². The number of fused-ring (bicyclic) bond motifs is 1. The molecule has 0 spiro atoms. The summed E-state index contributed by atoms with van der Waals surface area (Å²) in [5.74, 6) is 1.20. The molecule has 1 amide bonds. The first-order chi connectivity index (χ1) is 19.1. The molecule has 0 saturated carbocycles. The lowest BCUT2D eigenvalue weighted by molar-refractivity contribution is -0.137. The highest BCUT2D eigenvalue weighted by Crippen LogP contribution is 2.32. The molecular weight excluding hydrogens is 519 g/mol. The van der Waals surface area contributed by atoms with Crippen LogP contribution < -0.4 is 10.2 Å². The summed E-state index contributed by atoms with van der Waals surface area (Å²) in [7, 11) is 0. The molecule has 5 rings (SSSR count). The average molecular weight is 548 g/mol. The number of hydrogen-bond donors (Lipinski definition) is 1. The number of nitriles is 1. The number of alkyl halides is 3. The van der Waals surface area contributed by atoms with Gasteiger partial charge in [-0.25, -0.2) is 9.97 Å². The van der Waals surface area contributed by atoms with Gasteiger partial charge in [0.25, 0.3) is 5.91 Å². The Morgan fingerprint density at radius 1 is 1.15 bits per heavy atom. The molecule has 1 aliphatic rings. The predicted molar refractivity (Wildman–Crippen MR) is 145 cm³/mol. The van der Waals surface area contributed by atoms with Gasteiger partial charge in [-0.2, -0.15) is 18.4 Å². The summed E-state index contributed by atoms with van der Waals surface area (Å²) in [6, 6.07) is 15.2. The van der Waals surface area contributed by atoms with Crippen LogP contribution in [0.4, 0.5) is 19.0 Å². The molecule has 4 aromatic rings. The first-order valence-corrected chi connectivity index (χ1v) is 13.1. The van der Waals surface area contributed by atoms with Crippen LogP contribution in [-0.4, -0.2) is 35.5 Å². The van der Waals surface area contributed by atoms with E-state index in [4.69, 9.17) is 4.42 Å². The molecule has 0 bridgehead atoms. The zero-order valence-electron chi connectivity index (χ0n) is 22.1. The number of halogens is 3. The lowest BCUT2D eigenvalue weighted by Crippen LogP contribution is -2.39. The number of nitrogens with zero attached hydrogens (tertiary/aromatic N) is 4. The van der Waals surface area contributed by atoms with Crippen LogP contribution in [0.1, 0.15) is 59.7 Å². The number of amides is 1. The van der Waals surface area contributed by atoms with E-state index >= 15 is 0 Å². The number of nitrogens with one attached hydrogen (secondary N) is 1. The molecule has 10 heteroatoms.